The molecular formula is C7H6Cl2N2O2. The third kappa shape index (κ3) is 3.16. The van der Waals surface area contributed by atoms with Crippen LogP contribution >= 0.6 is 23.2 Å². The minimum Gasteiger partial charge on any atom is -0.467 e. The van der Waals surface area contributed by atoms with Crippen LogP contribution in [0.2, 0.25) is 10.2 Å². The van der Waals surface area contributed by atoms with Gasteiger partial charge < -0.3 is 4.74 Å². The zero-order chi connectivity index (χ0) is 9.68. The summed E-state index contributed by atoms with van der Waals surface area (Å²) in [6.07, 6.45) is 0.432. The van der Waals surface area contributed by atoms with Crippen molar-refractivity contribution in [3.05, 3.63) is 21.9 Å². The minimum absolute atomic E-state index is 0.236. The maximum absolute atomic E-state index is 9.82. The van der Waals surface area contributed by atoms with Crippen LogP contribution in [0.25, 0.3) is 0 Å². The monoisotopic (exact) mass is 220 g/mol. The molecule has 1 aromatic heterocycles. The quantitative estimate of drug-likeness (QED) is 0.571. The topological polar surface area (TPSA) is 52.1 Å². The third-order valence-electron chi connectivity index (χ3n) is 1.31. The Kier molecular flexibility index (Phi) is 3.92. The number of carbonyl (C=O) groups is 1. The van der Waals surface area contributed by atoms with E-state index in [1.165, 1.54) is 6.07 Å². The zero-order valence-corrected chi connectivity index (χ0v) is 8.05. The van der Waals surface area contributed by atoms with Crippen LogP contribution in [0.5, 0.6) is 0 Å². The smallest absolute Gasteiger partial charge is 0.293 e. The number of halogens is 2. The average Bonchev–Trinajstić information content (AvgIpc) is 2.09. The Morgan fingerprint density at radius 3 is 2.85 bits per heavy atom. The molecule has 0 aromatic carbocycles. The molecule has 0 N–H and O–H groups in total. The Bertz CT molecular complexity index is 307. The van der Waals surface area contributed by atoms with E-state index in [9.17, 15) is 4.79 Å². The first-order valence-corrected chi connectivity index (χ1v) is 4.22. The zero-order valence-electron chi connectivity index (χ0n) is 6.54. The van der Waals surface area contributed by atoms with E-state index >= 15 is 0 Å². The summed E-state index contributed by atoms with van der Waals surface area (Å²) in [7, 11) is 0. The van der Waals surface area contributed by atoms with Crippen LogP contribution in [-0.2, 0) is 16.0 Å². The molecule has 0 aliphatic heterocycles. The predicted molar refractivity (Wildman–Crippen MR) is 47.8 cm³/mol. The lowest BCUT2D eigenvalue weighted by Crippen LogP contribution is -2.01. The van der Waals surface area contributed by atoms with Gasteiger partial charge in [0, 0.05) is 6.42 Å². The van der Waals surface area contributed by atoms with Crippen LogP contribution in [-0.4, -0.2) is 23.3 Å². The Morgan fingerprint density at radius 1 is 1.46 bits per heavy atom. The van der Waals surface area contributed by atoms with Crippen LogP contribution in [0, 0.1) is 0 Å². The van der Waals surface area contributed by atoms with Gasteiger partial charge >= 0.3 is 0 Å². The number of ether oxygens (including phenoxy) is 1. The van der Waals surface area contributed by atoms with Gasteiger partial charge in [-0.1, -0.05) is 23.2 Å². The summed E-state index contributed by atoms with van der Waals surface area (Å²) in [5.74, 6) is 0. The highest BCUT2D eigenvalue weighted by atomic mass is 35.5. The SMILES string of the molecule is O=COCCc1nnc(Cl)cc1Cl. The first-order valence-electron chi connectivity index (χ1n) is 3.47. The van der Waals surface area contributed by atoms with Crippen molar-refractivity contribution in [2.45, 2.75) is 6.42 Å². The van der Waals surface area contributed by atoms with Crippen LogP contribution in [0.3, 0.4) is 0 Å². The largest absolute Gasteiger partial charge is 0.467 e. The molecule has 0 radical (unpaired) electrons. The second-order valence-electron chi connectivity index (χ2n) is 2.18. The van der Waals surface area contributed by atoms with Crippen molar-refractivity contribution in [1.29, 1.82) is 0 Å². The molecule has 4 nitrogen and oxygen atoms in total. The Hall–Kier alpha value is -0.870. The summed E-state index contributed by atoms with van der Waals surface area (Å²) in [4.78, 5) is 9.82. The molecule has 0 aliphatic rings. The molecule has 0 aliphatic carbocycles. The van der Waals surface area contributed by atoms with Gasteiger partial charge in [-0.2, -0.15) is 5.10 Å². The van der Waals surface area contributed by atoms with Crippen LogP contribution in [0.1, 0.15) is 5.69 Å². The molecule has 0 amide bonds. The molecule has 0 unspecified atom stereocenters. The van der Waals surface area contributed by atoms with Crippen LogP contribution in [0.4, 0.5) is 0 Å². The van der Waals surface area contributed by atoms with Crippen molar-refractivity contribution in [2.24, 2.45) is 0 Å². The van der Waals surface area contributed by atoms with Gasteiger partial charge in [-0.3, -0.25) is 4.79 Å². The van der Waals surface area contributed by atoms with Gasteiger partial charge in [-0.05, 0) is 6.07 Å². The second-order valence-corrected chi connectivity index (χ2v) is 2.97. The molecule has 13 heavy (non-hydrogen) atoms. The second kappa shape index (κ2) is 4.99. The van der Waals surface area contributed by atoms with E-state index in [2.05, 4.69) is 14.9 Å². The fraction of sp³-hybridized carbons (Fsp3) is 0.286. The van der Waals surface area contributed by atoms with E-state index in [1.807, 2.05) is 0 Å². The average molecular weight is 221 g/mol. The van der Waals surface area contributed by atoms with E-state index in [4.69, 9.17) is 23.2 Å². The van der Waals surface area contributed by atoms with Gasteiger partial charge in [0.25, 0.3) is 6.47 Å². The molecule has 1 rings (SSSR count). The summed E-state index contributed by atoms with van der Waals surface area (Å²) < 4.78 is 4.48. The lowest BCUT2D eigenvalue weighted by molar-refractivity contribution is -0.128. The standard InChI is InChI=1S/C7H6Cl2N2O2/c8-5-3-7(9)11-10-6(5)1-2-13-4-12/h3-4H,1-2H2. The van der Waals surface area contributed by atoms with Crippen molar-refractivity contribution in [3.63, 3.8) is 0 Å². The Morgan fingerprint density at radius 2 is 2.23 bits per heavy atom. The Labute approximate surface area is 84.8 Å². The number of hydrogen-bond acceptors (Lipinski definition) is 4. The Balaban J connectivity index is 2.61. The minimum atomic E-state index is 0.236. The summed E-state index contributed by atoms with van der Waals surface area (Å²) in [5.41, 5.74) is 0.563. The molecule has 0 saturated carbocycles. The normalized spacial score (nSPS) is 9.69. The molecule has 0 atom stereocenters. The summed E-state index contributed by atoms with van der Waals surface area (Å²) in [6.45, 7) is 0.608. The third-order valence-corrected chi connectivity index (χ3v) is 1.82. The number of hydrogen-bond donors (Lipinski definition) is 0. The van der Waals surface area contributed by atoms with Gasteiger partial charge in [0.1, 0.15) is 0 Å². The molecule has 70 valence electrons. The number of carbonyl (C=O) groups excluding carboxylic acids is 1. The molecule has 0 fully saturated rings. The molecular weight excluding hydrogens is 215 g/mol. The van der Waals surface area contributed by atoms with Gasteiger partial charge in [-0.15, -0.1) is 5.10 Å². The van der Waals surface area contributed by atoms with Crippen molar-refractivity contribution in [1.82, 2.24) is 10.2 Å². The van der Waals surface area contributed by atoms with E-state index in [0.717, 1.165) is 0 Å². The maximum Gasteiger partial charge on any atom is 0.293 e. The van der Waals surface area contributed by atoms with Gasteiger partial charge in [0.05, 0.1) is 17.3 Å². The highest BCUT2D eigenvalue weighted by Crippen LogP contribution is 2.16. The van der Waals surface area contributed by atoms with Crippen molar-refractivity contribution in [3.8, 4) is 0 Å². The fourth-order valence-electron chi connectivity index (χ4n) is 0.746. The molecule has 0 bridgehead atoms. The van der Waals surface area contributed by atoms with Crippen molar-refractivity contribution >= 4 is 29.7 Å². The highest BCUT2D eigenvalue weighted by Gasteiger charge is 2.03. The molecule has 6 heteroatoms. The summed E-state index contributed by atoms with van der Waals surface area (Å²) in [5, 5.41) is 8.01. The summed E-state index contributed by atoms with van der Waals surface area (Å²) in [6, 6.07) is 1.49. The highest BCUT2D eigenvalue weighted by molar-refractivity contribution is 6.34. The molecule has 1 aromatic rings. The van der Waals surface area contributed by atoms with Crippen LogP contribution < -0.4 is 0 Å². The first-order chi connectivity index (χ1) is 6.24. The van der Waals surface area contributed by atoms with E-state index < -0.39 is 0 Å². The molecule has 1 heterocycles. The van der Waals surface area contributed by atoms with Gasteiger partial charge in [-0.25, -0.2) is 0 Å². The van der Waals surface area contributed by atoms with E-state index in [0.29, 0.717) is 23.6 Å². The van der Waals surface area contributed by atoms with E-state index in [1.54, 1.807) is 0 Å². The van der Waals surface area contributed by atoms with Crippen molar-refractivity contribution in [2.75, 3.05) is 6.61 Å². The van der Waals surface area contributed by atoms with Crippen LogP contribution in [0.15, 0.2) is 6.07 Å². The lowest BCUT2D eigenvalue weighted by atomic mass is 10.3. The van der Waals surface area contributed by atoms with Crippen molar-refractivity contribution < 1.29 is 9.53 Å². The molecule has 0 spiro atoms. The number of nitrogens with zero attached hydrogens (tertiary/aromatic N) is 2. The predicted octanol–water partition coefficient (Wildman–Crippen LogP) is 1.50. The molecule has 0 saturated heterocycles. The maximum atomic E-state index is 9.82. The van der Waals surface area contributed by atoms with Gasteiger partial charge in [0.15, 0.2) is 5.15 Å². The summed E-state index contributed by atoms with van der Waals surface area (Å²) >= 11 is 11.3. The number of rotatable bonds is 4. The lowest BCUT2D eigenvalue weighted by Gasteiger charge is -2.00. The first kappa shape index (κ1) is 10.2. The van der Waals surface area contributed by atoms with Gasteiger partial charge in [0.2, 0.25) is 0 Å². The fourth-order valence-corrected chi connectivity index (χ4v) is 1.18. The number of aromatic nitrogens is 2. The van der Waals surface area contributed by atoms with E-state index in [-0.39, 0.29) is 11.8 Å².